The molecule has 0 aromatic heterocycles. The second-order valence-corrected chi connectivity index (χ2v) is 7.35. The molecule has 1 aliphatic carbocycles. The Bertz CT molecular complexity index is 883. The molecule has 1 N–H and O–H groups in total. The maximum Gasteiger partial charge on any atom is 0.279 e. The molecule has 2 aromatic carbocycles. The Morgan fingerprint density at radius 1 is 1.00 bits per heavy atom. The van der Waals surface area contributed by atoms with Crippen molar-refractivity contribution in [3.8, 4) is 0 Å². The predicted molar refractivity (Wildman–Crippen MR) is 100.0 cm³/mol. The van der Waals surface area contributed by atoms with Crippen LogP contribution in [0.4, 0.5) is 11.4 Å². The van der Waals surface area contributed by atoms with Crippen molar-refractivity contribution in [3.05, 3.63) is 60.2 Å². The van der Waals surface area contributed by atoms with Crippen LogP contribution in [-0.4, -0.2) is 17.2 Å². The fraction of sp³-hybridized carbons (Fsp3) is 0.333. The van der Waals surface area contributed by atoms with Crippen LogP contribution in [0.5, 0.6) is 0 Å². The summed E-state index contributed by atoms with van der Waals surface area (Å²) >= 11 is 0. The Morgan fingerprint density at radius 2 is 1.68 bits per heavy atom. The van der Waals surface area contributed by atoms with Crippen LogP contribution in [0.2, 0.25) is 0 Å². The van der Waals surface area contributed by atoms with Crippen molar-refractivity contribution in [3.63, 3.8) is 0 Å². The third-order valence-corrected chi connectivity index (χ3v) is 6.25. The third kappa shape index (κ3) is 1.67. The van der Waals surface area contributed by atoms with Gasteiger partial charge in [0.1, 0.15) is 0 Å². The van der Waals surface area contributed by atoms with Crippen molar-refractivity contribution < 1.29 is 4.79 Å². The molecule has 0 saturated heterocycles. The molecule has 2 heterocycles. The average molecular weight is 331 g/mol. The lowest BCUT2D eigenvalue weighted by Crippen LogP contribution is -2.61. The topological polar surface area (TPSA) is 44.7 Å². The van der Waals surface area contributed by atoms with E-state index in [0.29, 0.717) is 0 Å². The highest BCUT2D eigenvalue weighted by Gasteiger charge is 2.67. The zero-order valence-corrected chi connectivity index (χ0v) is 14.3. The largest absolute Gasteiger partial charge is 0.366 e. The fourth-order valence-corrected chi connectivity index (χ4v) is 5.18. The molecule has 4 heteroatoms. The van der Waals surface area contributed by atoms with Crippen molar-refractivity contribution in [2.45, 2.75) is 43.6 Å². The zero-order chi connectivity index (χ0) is 17.1. The smallest absolute Gasteiger partial charge is 0.279 e. The molecule has 2 spiro atoms. The molecule has 1 saturated carbocycles. The molecule has 4 nitrogen and oxygen atoms in total. The molecule has 1 atom stereocenters. The summed E-state index contributed by atoms with van der Waals surface area (Å²) in [5.41, 5.74) is 3.14. The first kappa shape index (κ1) is 14.7. The molecule has 2 aromatic rings. The van der Waals surface area contributed by atoms with E-state index in [1.54, 1.807) is 5.01 Å². The lowest BCUT2D eigenvalue weighted by molar-refractivity contribution is -0.121. The maximum atomic E-state index is 13.7. The molecule has 3 aliphatic rings. The first-order chi connectivity index (χ1) is 12.2. The summed E-state index contributed by atoms with van der Waals surface area (Å²) in [5, 5.41) is 9.93. The van der Waals surface area contributed by atoms with E-state index in [2.05, 4.69) is 23.5 Å². The van der Waals surface area contributed by atoms with E-state index in [1.165, 1.54) is 5.56 Å². The highest BCUT2D eigenvalue weighted by molar-refractivity contribution is 6.26. The van der Waals surface area contributed by atoms with Gasteiger partial charge in [0.15, 0.2) is 5.54 Å². The number of hydrogen-bond acceptors (Lipinski definition) is 3. The van der Waals surface area contributed by atoms with E-state index in [9.17, 15) is 4.79 Å². The molecule has 1 fully saturated rings. The number of rotatable bonds is 1. The number of amides is 1. The Hall–Kier alpha value is -2.62. The predicted octanol–water partition coefficient (Wildman–Crippen LogP) is 4.09. The highest BCUT2D eigenvalue weighted by atomic mass is 16.2. The summed E-state index contributed by atoms with van der Waals surface area (Å²) in [6, 6.07) is 18.1. The Kier molecular flexibility index (Phi) is 2.91. The van der Waals surface area contributed by atoms with Crippen LogP contribution in [0.3, 0.4) is 0 Å². The molecule has 1 amide bonds. The number of nitrogens with zero attached hydrogens (tertiary/aromatic N) is 2. The monoisotopic (exact) mass is 331 g/mol. The van der Waals surface area contributed by atoms with Gasteiger partial charge in [-0.2, -0.15) is 10.1 Å². The Labute approximate surface area is 147 Å². The average Bonchev–Trinajstić information content (AvgIpc) is 3.31. The van der Waals surface area contributed by atoms with Gasteiger partial charge in [-0.25, -0.2) is 0 Å². The summed E-state index contributed by atoms with van der Waals surface area (Å²) in [4.78, 5) is 13.7. The molecule has 126 valence electrons. The second kappa shape index (κ2) is 4.94. The van der Waals surface area contributed by atoms with Gasteiger partial charge in [0.05, 0.1) is 11.4 Å². The number of hydrazone groups is 1. The molecule has 1 unspecified atom stereocenters. The third-order valence-electron chi connectivity index (χ3n) is 6.25. The minimum absolute atomic E-state index is 0.0503. The molecular formula is C21H21N3O. The standard InChI is InChI=1S/C21H21N3O/c1-15-21(19(25)24(23-15)16-9-3-2-4-10-16)20(13-7-8-14-20)17-11-5-6-12-18(17)22-21/h2-6,9-12,22H,7-8,13-14H2,1H3. The van der Waals surface area contributed by atoms with Crippen molar-refractivity contribution in [1.82, 2.24) is 0 Å². The number of hydrogen-bond donors (Lipinski definition) is 1. The normalized spacial score (nSPS) is 26.2. The second-order valence-electron chi connectivity index (χ2n) is 7.35. The minimum atomic E-state index is -0.747. The molecule has 25 heavy (non-hydrogen) atoms. The van der Waals surface area contributed by atoms with Crippen LogP contribution < -0.4 is 10.3 Å². The quantitative estimate of drug-likeness (QED) is 0.855. The van der Waals surface area contributed by atoms with Gasteiger partial charge in [0.2, 0.25) is 0 Å². The summed E-state index contributed by atoms with van der Waals surface area (Å²) < 4.78 is 0. The lowest BCUT2D eigenvalue weighted by atomic mass is 9.64. The SMILES string of the molecule is CC1=NN(c2ccccc2)C(=O)C12Nc1ccccc1C21CCCC1. The van der Waals surface area contributed by atoms with Crippen LogP contribution in [0.1, 0.15) is 38.2 Å². The zero-order valence-electron chi connectivity index (χ0n) is 14.3. The van der Waals surface area contributed by atoms with Gasteiger partial charge in [-0.05, 0) is 43.5 Å². The van der Waals surface area contributed by atoms with Gasteiger partial charge in [-0.15, -0.1) is 0 Å². The van der Waals surface area contributed by atoms with E-state index >= 15 is 0 Å². The first-order valence-electron chi connectivity index (χ1n) is 9.02. The summed E-state index contributed by atoms with van der Waals surface area (Å²) in [6.07, 6.45) is 4.36. The number of benzene rings is 2. The lowest BCUT2D eigenvalue weighted by Gasteiger charge is -2.39. The van der Waals surface area contributed by atoms with Crippen LogP contribution in [0, 0.1) is 0 Å². The number of carbonyl (C=O) groups is 1. The van der Waals surface area contributed by atoms with Crippen LogP contribution in [0.15, 0.2) is 59.7 Å². The van der Waals surface area contributed by atoms with Crippen molar-refractivity contribution in [2.24, 2.45) is 5.10 Å². The van der Waals surface area contributed by atoms with E-state index in [1.807, 2.05) is 43.3 Å². The summed E-state index contributed by atoms with van der Waals surface area (Å²) in [7, 11) is 0. The highest BCUT2D eigenvalue weighted by Crippen LogP contribution is 2.58. The Morgan fingerprint density at radius 3 is 2.44 bits per heavy atom. The minimum Gasteiger partial charge on any atom is -0.366 e. The van der Waals surface area contributed by atoms with Crippen molar-refractivity contribution in [2.75, 3.05) is 10.3 Å². The van der Waals surface area contributed by atoms with Gasteiger partial charge in [0, 0.05) is 11.1 Å². The maximum absolute atomic E-state index is 13.7. The molecular weight excluding hydrogens is 310 g/mol. The van der Waals surface area contributed by atoms with Crippen LogP contribution in [0.25, 0.3) is 0 Å². The number of anilines is 2. The molecule has 0 bridgehead atoms. The summed E-state index contributed by atoms with van der Waals surface area (Å²) in [5.74, 6) is 0.0503. The number of fused-ring (bicyclic) bond motifs is 3. The van der Waals surface area contributed by atoms with E-state index in [-0.39, 0.29) is 11.3 Å². The number of nitrogens with one attached hydrogen (secondary N) is 1. The number of para-hydroxylation sites is 2. The number of carbonyl (C=O) groups excluding carboxylic acids is 1. The van der Waals surface area contributed by atoms with Crippen LogP contribution in [-0.2, 0) is 10.2 Å². The van der Waals surface area contributed by atoms with Crippen molar-refractivity contribution in [1.29, 1.82) is 0 Å². The molecule has 2 aliphatic heterocycles. The molecule has 5 rings (SSSR count). The molecule has 0 radical (unpaired) electrons. The Balaban J connectivity index is 1.69. The van der Waals surface area contributed by atoms with Gasteiger partial charge in [-0.1, -0.05) is 49.2 Å². The first-order valence-corrected chi connectivity index (χ1v) is 9.02. The summed E-state index contributed by atoms with van der Waals surface area (Å²) in [6.45, 7) is 2.00. The van der Waals surface area contributed by atoms with Gasteiger partial charge in [-0.3, -0.25) is 4.79 Å². The van der Waals surface area contributed by atoms with Gasteiger partial charge in [0.25, 0.3) is 5.91 Å². The van der Waals surface area contributed by atoms with E-state index < -0.39 is 5.54 Å². The van der Waals surface area contributed by atoms with Gasteiger partial charge >= 0.3 is 0 Å². The van der Waals surface area contributed by atoms with Crippen molar-refractivity contribution >= 4 is 23.0 Å². The fourth-order valence-electron chi connectivity index (χ4n) is 5.18. The van der Waals surface area contributed by atoms with Crippen LogP contribution >= 0.6 is 0 Å². The van der Waals surface area contributed by atoms with Gasteiger partial charge < -0.3 is 5.32 Å². The van der Waals surface area contributed by atoms with E-state index in [0.717, 1.165) is 42.8 Å². The van der Waals surface area contributed by atoms with E-state index in [4.69, 9.17) is 5.10 Å².